The van der Waals surface area contributed by atoms with Gasteiger partial charge < -0.3 is 15.7 Å². The molecule has 0 unspecified atom stereocenters. The molecule has 1 aromatic rings. The van der Waals surface area contributed by atoms with E-state index in [-0.39, 0.29) is 5.84 Å². The SMILES string of the molecule is CCN(CCOC)Cc1cccc(/C(N)=N/O)c1. The second kappa shape index (κ2) is 7.68. The third kappa shape index (κ3) is 4.35. The van der Waals surface area contributed by atoms with Crippen LogP contribution in [-0.4, -0.2) is 42.7 Å². The van der Waals surface area contributed by atoms with Crippen LogP contribution in [0, 0.1) is 0 Å². The van der Waals surface area contributed by atoms with E-state index in [1.165, 1.54) is 0 Å². The maximum absolute atomic E-state index is 8.66. The van der Waals surface area contributed by atoms with Crippen molar-refractivity contribution in [3.05, 3.63) is 35.4 Å². The quantitative estimate of drug-likeness (QED) is 0.331. The minimum absolute atomic E-state index is 0.136. The lowest BCUT2D eigenvalue weighted by Gasteiger charge is -2.20. The van der Waals surface area contributed by atoms with Crippen LogP contribution in [0.5, 0.6) is 0 Å². The largest absolute Gasteiger partial charge is 0.409 e. The molecule has 0 atom stereocenters. The van der Waals surface area contributed by atoms with Crippen molar-refractivity contribution in [1.29, 1.82) is 0 Å². The van der Waals surface area contributed by atoms with Gasteiger partial charge in [0.15, 0.2) is 5.84 Å². The highest BCUT2D eigenvalue weighted by Gasteiger charge is 2.05. The Labute approximate surface area is 108 Å². The van der Waals surface area contributed by atoms with E-state index in [9.17, 15) is 0 Å². The molecule has 5 heteroatoms. The second-order valence-electron chi connectivity index (χ2n) is 4.05. The van der Waals surface area contributed by atoms with Gasteiger partial charge in [0, 0.05) is 25.8 Å². The lowest BCUT2D eigenvalue weighted by molar-refractivity contribution is 0.147. The van der Waals surface area contributed by atoms with Crippen LogP contribution < -0.4 is 5.73 Å². The first kappa shape index (κ1) is 14.5. The highest BCUT2D eigenvalue weighted by molar-refractivity contribution is 5.97. The third-order valence-electron chi connectivity index (χ3n) is 2.80. The third-order valence-corrected chi connectivity index (χ3v) is 2.80. The van der Waals surface area contributed by atoms with E-state index in [2.05, 4.69) is 17.0 Å². The summed E-state index contributed by atoms with van der Waals surface area (Å²) in [5.74, 6) is 0.136. The van der Waals surface area contributed by atoms with E-state index in [0.717, 1.165) is 30.8 Å². The Morgan fingerprint density at radius 1 is 1.50 bits per heavy atom. The zero-order valence-corrected chi connectivity index (χ0v) is 11.0. The maximum Gasteiger partial charge on any atom is 0.170 e. The number of likely N-dealkylation sites (N-methyl/N-ethyl adjacent to an activating group) is 1. The molecule has 0 saturated heterocycles. The summed E-state index contributed by atoms with van der Waals surface area (Å²) in [6, 6.07) is 7.70. The Balaban J connectivity index is 2.71. The van der Waals surface area contributed by atoms with Crippen LogP contribution >= 0.6 is 0 Å². The van der Waals surface area contributed by atoms with E-state index in [1.54, 1.807) is 7.11 Å². The van der Waals surface area contributed by atoms with Crippen LogP contribution in [0.3, 0.4) is 0 Å². The molecule has 0 aliphatic carbocycles. The monoisotopic (exact) mass is 251 g/mol. The molecule has 0 aliphatic heterocycles. The van der Waals surface area contributed by atoms with Crippen molar-refractivity contribution in [3.63, 3.8) is 0 Å². The van der Waals surface area contributed by atoms with Crippen LogP contribution in [0.1, 0.15) is 18.1 Å². The Bertz CT molecular complexity index is 394. The fraction of sp³-hybridized carbons (Fsp3) is 0.462. The van der Waals surface area contributed by atoms with Gasteiger partial charge in [-0.05, 0) is 18.2 Å². The molecule has 0 heterocycles. The molecule has 0 radical (unpaired) electrons. The topological polar surface area (TPSA) is 71.1 Å². The van der Waals surface area contributed by atoms with Gasteiger partial charge in [0.05, 0.1) is 6.61 Å². The lowest BCUT2D eigenvalue weighted by atomic mass is 10.1. The minimum atomic E-state index is 0.136. The van der Waals surface area contributed by atoms with Crippen molar-refractivity contribution in [1.82, 2.24) is 4.90 Å². The lowest BCUT2D eigenvalue weighted by Crippen LogP contribution is -2.26. The Hall–Kier alpha value is -1.59. The van der Waals surface area contributed by atoms with Crippen molar-refractivity contribution >= 4 is 5.84 Å². The van der Waals surface area contributed by atoms with Crippen molar-refractivity contribution in [2.45, 2.75) is 13.5 Å². The molecule has 0 spiro atoms. The smallest absolute Gasteiger partial charge is 0.170 e. The summed E-state index contributed by atoms with van der Waals surface area (Å²) >= 11 is 0. The number of benzene rings is 1. The Morgan fingerprint density at radius 3 is 2.89 bits per heavy atom. The highest BCUT2D eigenvalue weighted by atomic mass is 16.5. The first-order valence-corrected chi connectivity index (χ1v) is 5.99. The number of nitrogens with zero attached hydrogens (tertiary/aromatic N) is 2. The minimum Gasteiger partial charge on any atom is -0.409 e. The van der Waals surface area contributed by atoms with Crippen LogP contribution in [0.25, 0.3) is 0 Å². The molecular weight excluding hydrogens is 230 g/mol. The Kier molecular flexibility index (Phi) is 6.18. The van der Waals surface area contributed by atoms with Crippen LogP contribution in [0.15, 0.2) is 29.4 Å². The summed E-state index contributed by atoms with van der Waals surface area (Å²) in [4.78, 5) is 2.27. The summed E-state index contributed by atoms with van der Waals surface area (Å²) < 4.78 is 5.08. The van der Waals surface area contributed by atoms with E-state index >= 15 is 0 Å². The summed E-state index contributed by atoms with van der Waals surface area (Å²) in [5.41, 5.74) is 7.44. The van der Waals surface area contributed by atoms with E-state index in [4.69, 9.17) is 15.7 Å². The average molecular weight is 251 g/mol. The van der Waals surface area contributed by atoms with Crippen LogP contribution in [0.4, 0.5) is 0 Å². The molecular formula is C13H21N3O2. The van der Waals surface area contributed by atoms with Gasteiger partial charge in [-0.1, -0.05) is 30.3 Å². The zero-order chi connectivity index (χ0) is 13.4. The standard InChI is InChI=1S/C13H21N3O2/c1-3-16(7-8-18-2)10-11-5-4-6-12(9-11)13(14)15-17/h4-6,9,17H,3,7-8,10H2,1-2H3,(H2,14,15). The Morgan fingerprint density at radius 2 is 2.28 bits per heavy atom. The van der Waals surface area contributed by atoms with E-state index in [0.29, 0.717) is 6.61 Å². The molecule has 0 fully saturated rings. The molecule has 0 aromatic heterocycles. The molecule has 18 heavy (non-hydrogen) atoms. The number of hydrogen-bond donors (Lipinski definition) is 2. The molecule has 1 aromatic carbocycles. The van der Waals surface area contributed by atoms with Gasteiger partial charge in [-0.2, -0.15) is 0 Å². The normalized spacial score (nSPS) is 12.1. The molecule has 0 aliphatic rings. The van der Waals surface area contributed by atoms with E-state index in [1.807, 2.05) is 24.3 Å². The number of amidine groups is 1. The van der Waals surface area contributed by atoms with Gasteiger partial charge in [-0.25, -0.2) is 0 Å². The molecule has 1 rings (SSSR count). The molecule has 0 amide bonds. The second-order valence-corrected chi connectivity index (χ2v) is 4.05. The first-order chi connectivity index (χ1) is 8.71. The summed E-state index contributed by atoms with van der Waals surface area (Å²) in [6.07, 6.45) is 0. The van der Waals surface area contributed by atoms with Gasteiger partial charge in [0.1, 0.15) is 0 Å². The number of oxime groups is 1. The number of hydrogen-bond acceptors (Lipinski definition) is 4. The highest BCUT2D eigenvalue weighted by Crippen LogP contribution is 2.08. The van der Waals surface area contributed by atoms with Gasteiger partial charge in [-0.3, -0.25) is 4.90 Å². The molecule has 0 saturated carbocycles. The predicted molar refractivity (Wildman–Crippen MR) is 71.8 cm³/mol. The molecule has 5 nitrogen and oxygen atoms in total. The van der Waals surface area contributed by atoms with Crippen molar-refractivity contribution in [3.8, 4) is 0 Å². The van der Waals surface area contributed by atoms with Crippen molar-refractivity contribution in [2.24, 2.45) is 10.9 Å². The van der Waals surface area contributed by atoms with Crippen molar-refractivity contribution < 1.29 is 9.94 Å². The van der Waals surface area contributed by atoms with Crippen LogP contribution in [0.2, 0.25) is 0 Å². The van der Waals surface area contributed by atoms with Crippen LogP contribution in [-0.2, 0) is 11.3 Å². The molecule has 3 N–H and O–H groups in total. The first-order valence-electron chi connectivity index (χ1n) is 5.99. The van der Waals surface area contributed by atoms with Gasteiger partial charge >= 0.3 is 0 Å². The number of methoxy groups -OCH3 is 1. The zero-order valence-electron chi connectivity index (χ0n) is 11.0. The summed E-state index contributed by atoms with van der Waals surface area (Å²) in [6.45, 7) is 5.50. The van der Waals surface area contributed by atoms with Gasteiger partial charge in [0.2, 0.25) is 0 Å². The fourth-order valence-electron chi connectivity index (χ4n) is 1.71. The van der Waals surface area contributed by atoms with Gasteiger partial charge in [0.25, 0.3) is 0 Å². The molecule has 100 valence electrons. The number of rotatable bonds is 7. The number of nitrogens with two attached hydrogens (primary N) is 1. The summed E-state index contributed by atoms with van der Waals surface area (Å²) in [5, 5.41) is 11.7. The average Bonchev–Trinajstić information content (AvgIpc) is 2.42. The predicted octanol–water partition coefficient (Wildman–Crippen LogP) is 1.25. The number of ether oxygens (including phenoxy) is 1. The maximum atomic E-state index is 8.66. The fourth-order valence-corrected chi connectivity index (χ4v) is 1.71. The summed E-state index contributed by atoms with van der Waals surface area (Å²) in [7, 11) is 1.70. The van der Waals surface area contributed by atoms with Gasteiger partial charge in [-0.15, -0.1) is 0 Å². The molecule has 0 bridgehead atoms. The van der Waals surface area contributed by atoms with E-state index < -0.39 is 0 Å². The van der Waals surface area contributed by atoms with Crippen molar-refractivity contribution in [2.75, 3.05) is 26.8 Å².